The number of nitrogens with one attached hydrogen (secondary N) is 1. The van der Waals surface area contributed by atoms with Gasteiger partial charge in [0.2, 0.25) is 0 Å². The monoisotopic (exact) mass is 401 g/mol. The zero-order valence-corrected chi connectivity index (χ0v) is 16.6. The van der Waals surface area contributed by atoms with E-state index in [9.17, 15) is 4.79 Å². The minimum atomic E-state index is -0.892. The first-order valence-corrected chi connectivity index (χ1v) is 9.90. The summed E-state index contributed by atoms with van der Waals surface area (Å²) in [5, 5.41) is 11.7. The molecular formula is C23H19N3O2S. The van der Waals surface area contributed by atoms with Crippen molar-refractivity contribution in [2.45, 2.75) is 4.75 Å². The van der Waals surface area contributed by atoms with Gasteiger partial charge in [-0.05, 0) is 41.0 Å². The number of carbonyl (C=O) groups excluding carboxylic acids is 1. The molecule has 0 bridgehead atoms. The quantitative estimate of drug-likeness (QED) is 0.515. The smallest absolute Gasteiger partial charge is 0.251 e. The average molecular weight is 401 g/mol. The number of benzene rings is 3. The van der Waals surface area contributed by atoms with Gasteiger partial charge < -0.3 is 10.1 Å². The molecule has 1 aliphatic heterocycles. The van der Waals surface area contributed by atoms with Crippen molar-refractivity contribution in [1.82, 2.24) is 5.32 Å². The summed E-state index contributed by atoms with van der Waals surface area (Å²) in [5.74, 6) is 0.654. The van der Waals surface area contributed by atoms with Gasteiger partial charge in [-0.2, -0.15) is 5.10 Å². The van der Waals surface area contributed by atoms with E-state index < -0.39 is 4.75 Å². The van der Waals surface area contributed by atoms with E-state index in [2.05, 4.69) is 15.5 Å². The molecule has 0 atom stereocenters. The second-order valence-electron chi connectivity index (χ2n) is 6.39. The van der Waals surface area contributed by atoms with Crippen LogP contribution in [0.3, 0.4) is 0 Å². The standard InChI is InChI=1S/C23H19N3O2S/c1-28-20-14-12-17(13-15-20)16-24-26-22-25-21(27)23(29-22,18-8-4-2-5-9-18)19-10-6-3-7-11-19/h2-16H,1H3,(H,25,26,27)/b24-16-. The minimum Gasteiger partial charge on any atom is -0.497 e. The van der Waals surface area contributed by atoms with E-state index in [1.807, 2.05) is 84.9 Å². The number of hydrogen-bond donors (Lipinski definition) is 1. The van der Waals surface area contributed by atoms with Crippen LogP contribution in [0.1, 0.15) is 16.7 Å². The fraction of sp³-hybridized carbons (Fsp3) is 0.0870. The van der Waals surface area contributed by atoms with Crippen LogP contribution < -0.4 is 10.1 Å². The van der Waals surface area contributed by atoms with Gasteiger partial charge in [0.25, 0.3) is 5.91 Å². The van der Waals surface area contributed by atoms with E-state index in [0.717, 1.165) is 22.4 Å². The molecule has 3 aromatic carbocycles. The van der Waals surface area contributed by atoms with Crippen molar-refractivity contribution < 1.29 is 9.53 Å². The van der Waals surface area contributed by atoms with E-state index >= 15 is 0 Å². The van der Waals surface area contributed by atoms with Gasteiger partial charge in [0.1, 0.15) is 5.75 Å². The number of methoxy groups -OCH3 is 1. The van der Waals surface area contributed by atoms with Gasteiger partial charge in [0.15, 0.2) is 9.91 Å². The molecule has 0 radical (unpaired) electrons. The molecule has 144 valence electrons. The Hall–Kier alpha value is -3.38. The van der Waals surface area contributed by atoms with Crippen molar-refractivity contribution in [3.8, 4) is 5.75 Å². The summed E-state index contributed by atoms with van der Waals surface area (Å²) < 4.78 is 4.26. The molecule has 1 fully saturated rings. The Labute approximate surface area is 173 Å². The lowest BCUT2D eigenvalue weighted by molar-refractivity contribution is -0.120. The molecule has 5 nitrogen and oxygen atoms in total. The maximum atomic E-state index is 13.1. The topological polar surface area (TPSA) is 63.1 Å². The number of amides is 1. The van der Waals surface area contributed by atoms with E-state index in [1.165, 1.54) is 11.8 Å². The van der Waals surface area contributed by atoms with E-state index in [4.69, 9.17) is 4.74 Å². The third kappa shape index (κ3) is 3.79. The molecule has 29 heavy (non-hydrogen) atoms. The number of carbonyl (C=O) groups is 1. The molecule has 6 heteroatoms. The highest BCUT2D eigenvalue weighted by Crippen LogP contribution is 2.46. The Kier molecular flexibility index (Phi) is 5.44. The number of ether oxygens (including phenoxy) is 1. The molecule has 0 aromatic heterocycles. The van der Waals surface area contributed by atoms with Crippen LogP contribution >= 0.6 is 11.8 Å². The predicted octanol–water partition coefficient (Wildman–Crippen LogP) is 4.19. The van der Waals surface area contributed by atoms with E-state index in [1.54, 1.807) is 13.3 Å². The number of hydrogen-bond acceptors (Lipinski definition) is 5. The van der Waals surface area contributed by atoms with Gasteiger partial charge in [-0.1, -0.05) is 72.4 Å². The van der Waals surface area contributed by atoms with Crippen molar-refractivity contribution in [2.75, 3.05) is 7.11 Å². The molecule has 3 aromatic rings. The van der Waals surface area contributed by atoms with Crippen LogP contribution in [0.2, 0.25) is 0 Å². The molecule has 1 heterocycles. The van der Waals surface area contributed by atoms with Crippen molar-refractivity contribution in [3.05, 3.63) is 102 Å². The highest BCUT2D eigenvalue weighted by molar-refractivity contribution is 8.16. The molecular weight excluding hydrogens is 382 g/mol. The fourth-order valence-corrected chi connectivity index (χ4v) is 4.35. The van der Waals surface area contributed by atoms with Crippen LogP contribution in [0.4, 0.5) is 0 Å². The summed E-state index contributed by atoms with van der Waals surface area (Å²) in [7, 11) is 1.63. The Morgan fingerprint density at radius 1 is 0.897 bits per heavy atom. The number of thioether (sulfide) groups is 1. The Bertz CT molecular complexity index is 1010. The first-order valence-electron chi connectivity index (χ1n) is 9.09. The predicted molar refractivity (Wildman–Crippen MR) is 117 cm³/mol. The highest BCUT2D eigenvalue weighted by Gasteiger charge is 2.49. The van der Waals surface area contributed by atoms with Crippen molar-refractivity contribution >= 4 is 29.1 Å². The van der Waals surface area contributed by atoms with Crippen LogP contribution in [0.15, 0.2) is 95.1 Å². The Balaban J connectivity index is 1.64. The summed E-state index contributed by atoms with van der Waals surface area (Å²) >= 11 is 1.37. The normalized spacial score (nSPS) is 16.9. The van der Waals surface area contributed by atoms with Crippen molar-refractivity contribution in [2.24, 2.45) is 10.2 Å². The third-order valence-corrected chi connectivity index (χ3v) is 5.96. The molecule has 1 N–H and O–H groups in total. The lowest BCUT2D eigenvalue weighted by Crippen LogP contribution is -2.35. The van der Waals surface area contributed by atoms with E-state index in [-0.39, 0.29) is 5.91 Å². The number of rotatable bonds is 5. The zero-order valence-electron chi connectivity index (χ0n) is 15.8. The minimum absolute atomic E-state index is 0.127. The first-order chi connectivity index (χ1) is 14.2. The van der Waals surface area contributed by atoms with Gasteiger partial charge in [0.05, 0.1) is 13.3 Å². The van der Waals surface area contributed by atoms with Gasteiger partial charge in [-0.15, -0.1) is 5.10 Å². The Morgan fingerprint density at radius 3 is 2.03 bits per heavy atom. The third-order valence-electron chi connectivity index (χ3n) is 4.62. The van der Waals surface area contributed by atoms with Crippen LogP contribution in [-0.2, 0) is 9.54 Å². The summed E-state index contributed by atoms with van der Waals surface area (Å²) in [4.78, 5) is 13.1. The lowest BCUT2D eigenvalue weighted by Gasteiger charge is -2.25. The molecule has 0 saturated carbocycles. The van der Waals surface area contributed by atoms with Crippen LogP contribution in [-0.4, -0.2) is 24.4 Å². The zero-order chi connectivity index (χ0) is 20.1. The Morgan fingerprint density at radius 2 is 1.48 bits per heavy atom. The van der Waals surface area contributed by atoms with Crippen LogP contribution in [0.5, 0.6) is 5.75 Å². The molecule has 1 amide bonds. The second kappa shape index (κ2) is 8.32. The largest absolute Gasteiger partial charge is 0.497 e. The van der Waals surface area contributed by atoms with Crippen LogP contribution in [0.25, 0.3) is 0 Å². The number of nitrogens with zero attached hydrogens (tertiary/aromatic N) is 2. The van der Waals surface area contributed by atoms with Crippen LogP contribution in [0, 0.1) is 0 Å². The number of amidine groups is 1. The van der Waals surface area contributed by atoms with E-state index in [0.29, 0.717) is 5.17 Å². The molecule has 4 rings (SSSR count). The molecule has 0 unspecified atom stereocenters. The highest BCUT2D eigenvalue weighted by atomic mass is 32.2. The fourth-order valence-electron chi connectivity index (χ4n) is 3.18. The van der Waals surface area contributed by atoms with Gasteiger partial charge >= 0.3 is 0 Å². The molecule has 1 aliphatic rings. The summed E-state index contributed by atoms with van der Waals surface area (Å²) in [5.41, 5.74) is 2.69. The van der Waals surface area contributed by atoms with Gasteiger partial charge in [0, 0.05) is 0 Å². The average Bonchev–Trinajstić information content (AvgIpc) is 3.12. The lowest BCUT2D eigenvalue weighted by atomic mass is 9.89. The maximum absolute atomic E-state index is 13.1. The van der Waals surface area contributed by atoms with Crippen molar-refractivity contribution in [3.63, 3.8) is 0 Å². The molecule has 0 aliphatic carbocycles. The van der Waals surface area contributed by atoms with Crippen molar-refractivity contribution in [1.29, 1.82) is 0 Å². The molecule has 0 spiro atoms. The summed E-state index contributed by atoms with van der Waals surface area (Å²) in [6, 6.07) is 27.0. The van der Waals surface area contributed by atoms with Gasteiger partial charge in [-0.25, -0.2) is 0 Å². The maximum Gasteiger partial charge on any atom is 0.251 e. The van der Waals surface area contributed by atoms with Gasteiger partial charge in [-0.3, -0.25) is 4.79 Å². The first kappa shape index (κ1) is 19.0. The second-order valence-corrected chi connectivity index (χ2v) is 7.60. The SMILES string of the molecule is COc1ccc(/C=N\N=C2/NC(=O)C(c3ccccc3)(c3ccccc3)S2)cc1. The summed E-state index contributed by atoms with van der Waals surface area (Å²) in [6.45, 7) is 0. The summed E-state index contributed by atoms with van der Waals surface area (Å²) in [6.07, 6.45) is 1.64. The molecule has 1 saturated heterocycles.